The maximum absolute atomic E-state index is 12.1. The fourth-order valence-electron chi connectivity index (χ4n) is 2.29. The van der Waals surface area contributed by atoms with Gasteiger partial charge in [-0.15, -0.1) is 5.10 Å². The third-order valence-electron chi connectivity index (χ3n) is 3.48. The standard InChI is InChI=1S/C17H19N5O2/c1-11(2)22-8-7-14(21-22)16-19-20-17(24-16)18-15(23)10-13-6-4-5-12(3)9-13/h4-9,11H,10H2,1-3H3,(H,18,20,23). The summed E-state index contributed by atoms with van der Waals surface area (Å²) in [6.45, 7) is 6.05. The minimum Gasteiger partial charge on any atom is -0.401 e. The molecule has 0 saturated carbocycles. The van der Waals surface area contributed by atoms with Crippen LogP contribution < -0.4 is 5.32 Å². The van der Waals surface area contributed by atoms with E-state index < -0.39 is 0 Å². The van der Waals surface area contributed by atoms with E-state index in [2.05, 4.69) is 20.6 Å². The predicted molar refractivity (Wildman–Crippen MR) is 89.4 cm³/mol. The molecule has 0 fully saturated rings. The maximum Gasteiger partial charge on any atom is 0.322 e. The smallest absolute Gasteiger partial charge is 0.322 e. The summed E-state index contributed by atoms with van der Waals surface area (Å²) < 4.78 is 7.27. The number of amides is 1. The lowest BCUT2D eigenvalue weighted by Gasteiger charge is -2.02. The molecule has 0 aliphatic carbocycles. The molecule has 1 amide bonds. The zero-order valence-corrected chi connectivity index (χ0v) is 13.9. The molecule has 0 aliphatic rings. The molecular weight excluding hydrogens is 306 g/mol. The quantitative estimate of drug-likeness (QED) is 0.779. The molecule has 0 saturated heterocycles. The number of carbonyl (C=O) groups excluding carboxylic acids is 1. The average Bonchev–Trinajstić information content (AvgIpc) is 3.15. The minimum absolute atomic E-state index is 0.0711. The molecule has 3 aromatic rings. The second-order valence-electron chi connectivity index (χ2n) is 5.90. The predicted octanol–water partition coefficient (Wildman–Crippen LogP) is 3.00. The molecule has 0 spiro atoms. The van der Waals surface area contributed by atoms with E-state index in [4.69, 9.17) is 4.42 Å². The molecule has 3 rings (SSSR count). The van der Waals surface area contributed by atoms with Gasteiger partial charge in [-0.1, -0.05) is 34.9 Å². The molecule has 0 radical (unpaired) electrons. The Balaban J connectivity index is 1.66. The summed E-state index contributed by atoms with van der Waals surface area (Å²) in [5.74, 6) is 0.0729. The molecule has 24 heavy (non-hydrogen) atoms. The highest BCUT2D eigenvalue weighted by atomic mass is 16.4. The van der Waals surface area contributed by atoms with E-state index in [1.54, 1.807) is 10.7 Å². The van der Waals surface area contributed by atoms with Crippen molar-refractivity contribution in [2.24, 2.45) is 0 Å². The number of benzene rings is 1. The zero-order valence-electron chi connectivity index (χ0n) is 13.9. The third-order valence-corrected chi connectivity index (χ3v) is 3.48. The van der Waals surface area contributed by atoms with Gasteiger partial charge in [-0.05, 0) is 32.4 Å². The van der Waals surface area contributed by atoms with Gasteiger partial charge in [-0.25, -0.2) is 0 Å². The fourth-order valence-corrected chi connectivity index (χ4v) is 2.29. The van der Waals surface area contributed by atoms with E-state index >= 15 is 0 Å². The lowest BCUT2D eigenvalue weighted by Crippen LogP contribution is -2.14. The van der Waals surface area contributed by atoms with Gasteiger partial charge in [-0.2, -0.15) is 5.10 Å². The Morgan fingerprint density at radius 1 is 1.29 bits per heavy atom. The van der Waals surface area contributed by atoms with E-state index in [1.165, 1.54) is 0 Å². The number of rotatable bonds is 5. The first-order valence-corrected chi connectivity index (χ1v) is 7.75. The molecular formula is C17H19N5O2. The van der Waals surface area contributed by atoms with Crippen molar-refractivity contribution in [1.82, 2.24) is 20.0 Å². The van der Waals surface area contributed by atoms with Crippen molar-refractivity contribution in [3.05, 3.63) is 47.7 Å². The number of anilines is 1. The van der Waals surface area contributed by atoms with Gasteiger partial charge in [0.2, 0.25) is 5.91 Å². The van der Waals surface area contributed by atoms with E-state index in [-0.39, 0.29) is 30.3 Å². The Morgan fingerprint density at radius 2 is 2.12 bits per heavy atom. The molecule has 7 nitrogen and oxygen atoms in total. The van der Waals surface area contributed by atoms with Crippen molar-refractivity contribution in [2.45, 2.75) is 33.2 Å². The SMILES string of the molecule is Cc1cccc(CC(=O)Nc2nnc(-c3ccn(C(C)C)n3)o2)c1. The summed E-state index contributed by atoms with van der Waals surface area (Å²) in [4.78, 5) is 12.1. The van der Waals surface area contributed by atoms with Crippen LogP contribution in [-0.2, 0) is 11.2 Å². The second-order valence-corrected chi connectivity index (χ2v) is 5.90. The number of nitrogens with one attached hydrogen (secondary N) is 1. The van der Waals surface area contributed by atoms with Crippen molar-refractivity contribution >= 4 is 11.9 Å². The molecule has 2 heterocycles. The minimum atomic E-state index is -0.205. The Hall–Kier alpha value is -2.96. The van der Waals surface area contributed by atoms with Gasteiger partial charge in [0.15, 0.2) is 0 Å². The number of nitrogens with zero attached hydrogens (tertiary/aromatic N) is 4. The van der Waals surface area contributed by atoms with Gasteiger partial charge in [0.25, 0.3) is 5.89 Å². The summed E-state index contributed by atoms with van der Waals surface area (Å²) in [5, 5.41) is 14.7. The van der Waals surface area contributed by atoms with Crippen molar-refractivity contribution in [3.8, 4) is 11.6 Å². The Bertz CT molecular complexity index is 850. The molecule has 0 unspecified atom stereocenters. The van der Waals surface area contributed by atoms with E-state index in [9.17, 15) is 4.79 Å². The van der Waals surface area contributed by atoms with E-state index in [0.717, 1.165) is 11.1 Å². The van der Waals surface area contributed by atoms with Gasteiger partial charge in [0, 0.05) is 12.2 Å². The van der Waals surface area contributed by atoms with Crippen molar-refractivity contribution in [1.29, 1.82) is 0 Å². The first-order valence-electron chi connectivity index (χ1n) is 7.75. The van der Waals surface area contributed by atoms with Crippen LogP contribution >= 0.6 is 0 Å². The molecule has 2 aromatic heterocycles. The summed E-state index contributed by atoms with van der Waals surface area (Å²) >= 11 is 0. The lowest BCUT2D eigenvalue weighted by atomic mass is 10.1. The Labute approximate surface area is 139 Å². The Morgan fingerprint density at radius 3 is 2.83 bits per heavy atom. The van der Waals surface area contributed by atoms with Gasteiger partial charge in [0.1, 0.15) is 5.69 Å². The van der Waals surface area contributed by atoms with Gasteiger partial charge in [0.05, 0.1) is 6.42 Å². The van der Waals surface area contributed by atoms with Crippen LogP contribution in [0.2, 0.25) is 0 Å². The Kier molecular flexibility index (Phi) is 4.41. The van der Waals surface area contributed by atoms with Crippen LogP contribution in [0.3, 0.4) is 0 Å². The van der Waals surface area contributed by atoms with Gasteiger partial charge < -0.3 is 4.42 Å². The second kappa shape index (κ2) is 6.66. The largest absolute Gasteiger partial charge is 0.401 e. The van der Waals surface area contributed by atoms with Crippen LogP contribution in [0.5, 0.6) is 0 Å². The monoisotopic (exact) mass is 325 g/mol. The summed E-state index contributed by atoms with van der Waals surface area (Å²) in [6, 6.07) is 9.90. The van der Waals surface area contributed by atoms with Crippen LogP contribution in [-0.4, -0.2) is 25.9 Å². The zero-order chi connectivity index (χ0) is 17.1. The maximum atomic E-state index is 12.1. The molecule has 0 bridgehead atoms. The van der Waals surface area contributed by atoms with Gasteiger partial charge in [-0.3, -0.25) is 14.8 Å². The molecule has 1 N–H and O–H groups in total. The first kappa shape index (κ1) is 15.9. The molecule has 7 heteroatoms. The number of hydrogen-bond donors (Lipinski definition) is 1. The highest BCUT2D eigenvalue weighted by Gasteiger charge is 2.14. The first-order chi connectivity index (χ1) is 11.5. The number of carbonyl (C=O) groups is 1. The average molecular weight is 325 g/mol. The normalized spacial score (nSPS) is 11.0. The molecule has 1 aromatic carbocycles. The topological polar surface area (TPSA) is 85.8 Å². The van der Waals surface area contributed by atoms with Crippen LogP contribution in [0.4, 0.5) is 6.01 Å². The summed E-state index contributed by atoms with van der Waals surface area (Å²) in [6.07, 6.45) is 2.10. The summed E-state index contributed by atoms with van der Waals surface area (Å²) in [7, 11) is 0. The molecule has 124 valence electrons. The lowest BCUT2D eigenvalue weighted by molar-refractivity contribution is -0.115. The van der Waals surface area contributed by atoms with E-state index in [1.807, 2.05) is 51.2 Å². The van der Waals surface area contributed by atoms with Crippen LogP contribution in [0, 0.1) is 6.92 Å². The number of aromatic nitrogens is 4. The number of aryl methyl sites for hydroxylation is 1. The third kappa shape index (κ3) is 3.68. The molecule has 0 atom stereocenters. The van der Waals surface area contributed by atoms with Crippen LogP contribution in [0.15, 0.2) is 40.9 Å². The van der Waals surface area contributed by atoms with Gasteiger partial charge >= 0.3 is 6.01 Å². The van der Waals surface area contributed by atoms with Crippen molar-refractivity contribution in [2.75, 3.05) is 5.32 Å². The van der Waals surface area contributed by atoms with Crippen LogP contribution in [0.25, 0.3) is 11.6 Å². The highest BCUT2D eigenvalue weighted by Crippen LogP contribution is 2.19. The van der Waals surface area contributed by atoms with E-state index in [0.29, 0.717) is 5.69 Å². The van der Waals surface area contributed by atoms with Crippen LogP contribution in [0.1, 0.15) is 31.0 Å². The number of hydrogen-bond acceptors (Lipinski definition) is 5. The van der Waals surface area contributed by atoms with Crippen molar-refractivity contribution < 1.29 is 9.21 Å². The summed E-state index contributed by atoms with van der Waals surface area (Å²) in [5.41, 5.74) is 2.62. The van der Waals surface area contributed by atoms with Crippen molar-refractivity contribution in [3.63, 3.8) is 0 Å². The highest BCUT2D eigenvalue weighted by molar-refractivity contribution is 5.90. The molecule has 0 aliphatic heterocycles. The fraction of sp³-hybridized carbons (Fsp3) is 0.294.